The van der Waals surface area contributed by atoms with E-state index >= 15 is 0 Å². The van der Waals surface area contributed by atoms with Crippen LogP contribution in [-0.2, 0) is 0 Å². The smallest absolute Gasteiger partial charge is 0.226 e. The lowest BCUT2D eigenvalue weighted by Gasteiger charge is -2.14. The molecular weight excluding hydrogens is 246 g/mol. The van der Waals surface area contributed by atoms with Crippen LogP contribution in [0.4, 0.5) is 11.8 Å². The summed E-state index contributed by atoms with van der Waals surface area (Å²) < 4.78 is 0. The van der Waals surface area contributed by atoms with E-state index in [1.54, 1.807) is 17.5 Å². The second-order valence-corrected chi connectivity index (χ2v) is 5.58. The molecule has 1 N–H and O–H groups in total. The van der Waals surface area contributed by atoms with Crippen molar-refractivity contribution in [1.82, 2.24) is 15.0 Å². The normalized spacial score (nSPS) is 12.2. The maximum Gasteiger partial charge on any atom is 0.226 e. The van der Waals surface area contributed by atoms with Crippen molar-refractivity contribution in [3.05, 3.63) is 28.3 Å². The highest BCUT2D eigenvalue weighted by Crippen LogP contribution is 2.22. The molecule has 0 aliphatic rings. The van der Waals surface area contributed by atoms with Gasteiger partial charge in [-0.25, -0.2) is 9.97 Å². The summed E-state index contributed by atoms with van der Waals surface area (Å²) in [6.45, 7) is 4.14. The van der Waals surface area contributed by atoms with Crippen molar-refractivity contribution in [1.29, 1.82) is 0 Å². The van der Waals surface area contributed by atoms with E-state index in [1.165, 1.54) is 4.88 Å². The summed E-state index contributed by atoms with van der Waals surface area (Å²) in [4.78, 5) is 16.1. The molecule has 0 aliphatic carbocycles. The largest absolute Gasteiger partial charge is 0.361 e. The van der Waals surface area contributed by atoms with Crippen molar-refractivity contribution in [2.24, 2.45) is 0 Å². The minimum Gasteiger partial charge on any atom is -0.361 e. The molecule has 2 rings (SSSR count). The SMILES string of the molecule is Cc1cnc(C(C)Nc2ccnc(N(C)C)n2)s1. The van der Waals surface area contributed by atoms with E-state index in [4.69, 9.17) is 0 Å². The molecule has 0 saturated carbocycles. The molecule has 0 radical (unpaired) electrons. The van der Waals surface area contributed by atoms with Gasteiger partial charge in [0.15, 0.2) is 0 Å². The van der Waals surface area contributed by atoms with E-state index < -0.39 is 0 Å². The van der Waals surface area contributed by atoms with Gasteiger partial charge in [-0.05, 0) is 19.9 Å². The fourth-order valence-corrected chi connectivity index (χ4v) is 2.28. The Morgan fingerprint density at radius 3 is 2.72 bits per heavy atom. The highest BCUT2D eigenvalue weighted by molar-refractivity contribution is 7.11. The molecule has 0 aromatic carbocycles. The topological polar surface area (TPSA) is 53.9 Å². The lowest BCUT2D eigenvalue weighted by atomic mass is 10.3. The molecular formula is C12H17N5S. The molecule has 0 aliphatic heterocycles. The molecule has 0 amide bonds. The monoisotopic (exact) mass is 263 g/mol. The maximum atomic E-state index is 4.43. The molecule has 5 nitrogen and oxygen atoms in total. The fourth-order valence-electron chi connectivity index (χ4n) is 1.50. The van der Waals surface area contributed by atoms with Crippen LogP contribution in [0.5, 0.6) is 0 Å². The van der Waals surface area contributed by atoms with Gasteiger partial charge in [0.05, 0.1) is 6.04 Å². The van der Waals surface area contributed by atoms with Crippen LogP contribution in [0.15, 0.2) is 18.5 Å². The predicted octanol–water partition coefficient (Wildman–Crippen LogP) is 2.48. The number of nitrogens with zero attached hydrogens (tertiary/aromatic N) is 4. The quantitative estimate of drug-likeness (QED) is 0.918. The number of anilines is 2. The van der Waals surface area contributed by atoms with Crippen LogP contribution in [0, 0.1) is 6.92 Å². The number of aromatic nitrogens is 3. The molecule has 0 spiro atoms. The standard InChI is InChI=1S/C12H17N5S/c1-8-7-14-11(18-8)9(2)15-10-5-6-13-12(16-10)17(3)4/h5-7,9H,1-4H3,(H,13,15,16). The first-order valence-electron chi connectivity index (χ1n) is 5.75. The summed E-state index contributed by atoms with van der Waals surface area (Å²) in [5, 5.41) is 4.40. The third-order valence-corrected chi connectivity index (χ3v) is 3.51. The Morgan fingerprint density at radius 2 is 2.11 bits per heavy atom. The summed E-state index contributed by atoms with van der Waals surface area (Å²) in [5.41, 5.74) is 0. The van der Waals surface area contributed by atoms with E-state index in [9.17, 15) is 0 Å². The first-order chi connectivity index (χ1) is 8.56. The molecule has 18 heavy (non-hydrogen) atoms. The summed E-state index contributed by atoms with van der Waals surface area (Å²) in [6, 6.07) is 2.01. The minimum atomic E-state index is 0.147. The van der Waals surface area contributed by atoms with Crippen LogP contribution < -0.4 is 10.2 Å². The molecule has 96 valence electrons. The lowest BCUT2D eigenvalue weighted by Crippen LogP contribution is -2.14. The third-order valence-electron chi connectivity index (χ3n) is 2.42. The molecule has 6 heteroatoms. The van der Waals surface area contributed by atoms with Crippen LogP contribution in [0.1, 0.15) is 22.9 Å². The van der Waals surface area contributed by atoms with Crippen LogP contribution in [0.2, 0.25) is 0 Å². The summed E-state index contributed by atoms with van der Waals surface area (Å²) >= 11 is 1.70. The third kappa shape index (κ3) is 2.95. The first kappa shape index (κ1) is 12.8. The van der Waals surface area contributed by atoms with Crippen molar-refractivity contribution in [2.45, 2.75) is 19.9 Å². The van der Waals surface area contributed by atoms with Gasteiger partial charge in [0.25, 0.3) is 0 Å². The minimum absolute atomic E-state index is 0.147. The van der Waals surface area contributed by atoms with Gasteiger partial charge in [-0.3, -0.25) is 0 Å². The van der Waals surface area contributed by atoms with E-state index in [1.807, 2.05) is 31.3 Å². The van der Waals surface area contributed by atoms with Gasteiger partial charge in [0.2, 0.25) is 5.95 Å². The second-order valence-electron chi connectivity index (χ2n) is 4.31. The molecule has 2 heterocycles. The highest BCUT2D eigenvalue weighted by atomic mass is 32.1. The molecule has 2 aromatic heterocycles. The highest BCUT2D eigenvalue weighted by Gasteiger charge is 2.10. The maximum absolute atomic E-state index is 4.43. The zero-order valence-electron chi connectivity index (χ0n) is 11.0. The zero-order chi connectivity index (χ0) is 13.1. The van der Waals surface area contributed by atoms with Crippen LogP contribution in [-0.4, -0.2) is 29.0 Å². The van der Waals surface area contributed by atoms with Gasteiger partial charge in [-0.2, -0.15) is 4.98 Å². The first-order valence-corrected chi connectivity index (χ1v) is 6.57. The number of hydrogen-bond donors (Lipinski definition) is 1. The van der Waals surface area contributed by atoms with Crippen LogP contribution in [0.25, 0.3) is 0 Å². The Hall–Kier alpha value is -1.69. The van der Waals surface area contributed by atoms with Crippen molar-refractivity contribution in [3.8, 4) is 0 Å². The van der Waals surface area contributed by atoms with Gasteiger partial charge in [0, 0.05) is 31.4 Å². The Labute approximate surface area is 111 Å². The van der Waals surface area contributed by atoms with E-state index in [0.717, 1.165) is 10.8 Å². The Kier molecular flexibility index (Phi) is 3.76. The average molecular weight is 263 g/mol. The second kappa shape index (κ2) is 5.30. The van der Waals surface area contributed by atoms with Crippen molar-refractivity contribution < 1.29 is 0 Å². The average Bonchev–Trinajstić information content (AvgIpc) is 2.76. The Balaban J connectivity index is 2.11. The van der Waals surface area contributed by atoms with Gasteiger partial charge < -0.3 is 10.2 Å². The fraction of sp³-hybridized carbons (Fsp3) is 0.417. The lowest BCUT2D eigenvalue weighted by molar-refractivity contribution is 0.855. The number of aryl methyl sites for hydroxylation is 1. The number of rotatable bonds is 4. The van der Waals surface area contributed by atoms with E-state index in [0.29, 0.717) is 5.95 Å². The van der Waals surface area contributed by atoms with Gasteiger partial charge in [-0.15, -0.1) is 11.3 Å². The summed E-state index contributed by atoms with van der Waals surface area (Å²) in [6.07, 6.45) is 3.65. The predicted molar refractivity (Wildman–Crippen MR) is 75.2 cm³/mol. The molecule has 1 unspecified atom stereocenters. The van der Waals surface area contributed by atoms with Crippen molar-refractivity contribution in [3.63, 3.8) is 0 Å². The molecule has 0 fully saturated rings. The van der Waals surface area contributed by atoms with Crippen molar-refractivity contribution >= 4 is 23.1 Å². The number of hydrogen-bond acceptors (Lipinski definition) is 6. The molecule has 0 saturated heterocycles. The summed E-state index contributed by atoms with van der Waals surface area (Å²) in [5.74, 6) is 1.51. The van der Waals surface area contributed by atoms with E-state index in [-0.39, 0.29) is 6.04 Å². The van der Waals surface area contributed by atoms with Crippen molar-refractivity contribution in [2.75, 3.05) is 24.3 Å². The number of thiazole rings is 1. The van der Waals surface area contributed by atoms with Crippen LogP contribution in [0.3, 0.4) is 0 Å². The van der Waals surface area contributed by atoms with Gasteiger partial charge in [-0.1, -0.05) is 0 Å². The Bertz CT molecular complexity index is 523. The molecule has 2 aromatic rings. The molecule has 1 atom stereocenters. The zero-order valence-corrected chi connectivity index (χ0v) is 11.8. The van der Waals surface area contributed by atoms with Crippen LogP contribution >= 0.6 is 11.3 Å². The summed E-state index contributed by atoms with van der Waals surface area (Å²) in [7, 11) is 3.85. The molecule has 0 bridgehead atoms. The van der Waals surface area contributed by atoms with E-state index in [2.05, 4.69) is 34.1 Å². The Morgan fingerprint density at radius 1 is 1.33 bits per heavy atom. The van der Waals surface area contributed by atoms with Gasteiger partial charge >= 0.3 is 0 Å². The van der Waals surface area contributed by atoms with Gasteiger partial charge in [0.1, 0.15) is 10.8 Å². The number of nitrogens with one attached hydrogen (secondary N) is 1.